The number of aryl methyl sites for hydroxylation is 1. The van der Waals surface area contributed by atoms with E-state index < -0.39 is 36.1 Å². The van der Waals surface area contributed by atoms with Crippen LogP contribution in [-0.4, -0.2) is 77.1 Å². The van der Waals surface area contributed by atoms with Gasteiger partial charge in [0, 0.05) is 61.0 Å². The third-order valence-corrected chi connectivity index (χ3v) is 8.40. The van der Waals surface area contributed by atoms with Crippen LogP contribution in [0.1, 0.15) is 48.1 Å². The molecular weight excluding hydrogens is 649 g/mol. The van der Waals surface area contributed by atoms with Crippen LogP contribution in [0.2, 0.25) is 0 Å². The molecule has 50 heavy (non-hydrogen) atoms. The van der Waals surface area contributed by atoms with E-state index in [1.807, 2.05) is 56.3 Å². The molecular formula is C36H40FN5O8. The fourth-order valence-corrected chi connectivity index (χ4v) is 5.93. The minimum Gasteiger partial charge on any atom is -0.482 e. The van der Waals surface area contributed by atoms with Gasteiger partial charge in [0.2, 0.25) is 5.91 Å². The van der Waals surface area contributed by atoms with Gasteiger partial charge in [-0.05, 0) is 59.3 Å². The molecule has 0 aliphatic carbocycles. The van der Waals surface area contributed by atoms with Crippen LogP contribution in [0.4, 0.5) is 26.4 Å². The second-order valence-electron chi connectivity index (χ2n) is 12.4. The summed E-state index contributed by atoms with van der Waals surface area (Å²) in [6, 6.07) is 15.0. The van der Waals surface area contributed by atoms with E-state index in [-0.39, 0.29) is 55.2 Å². The van der Waals surface area contributed by atoms with Gasteiger partial charge in [0.15, 0.2) is 17.7 Å². The first kappa shape index (κ1) is 35.8. The lowest BCUT2D eigenvalue weighted by Gasteiger charge is -2.28. The molecule has 6 N–H and O–H groups in total. The standard InChI is InChI=1S/C34H36FN5O6.C2H4O2/c1-18-10-21-4-6-25(18)19(2)15-45-34(43)39-24-12-22(31(27(35)13-24)46-29-17-44-16-28(29)41)14-40(3)33(42)30(21)38-23-5-7-26-20(11-23)8-9-37-32(26)36;1-2(3)4/h4-13,19,28-30,38,41H,14-17H2,1-3H3,(H2,36,37)(H,39,43);1H3,(H,3,4)/t19-,28-,29+,30+;/m0./s1. The number of nitrogens with two attached hydrogens (primary N) is 1. The van der Waals surface area contributed by atoms with Crippen molar-refractivity contribution in [3.8, 4) is 5.75 Å². The maximum absolute atomic E-state index is 15.6. The Hall–Kier alpha value is -5.47. The molecule has 1 saturated heterocycles. The summed E-state index contributed by atoms with van der Waals surface area (Å²) >= 11 is 0. The first-order valence-electron chi connectivity index (χ1n) is 15.9. The van der Waals surface area contributed by atoms with Crippen molar-refractivity contribution < 1.29 is 43.2 Å². The summed E-state index contributed by atoms with van der Waals surface area (Å²) in [6.07, 6.45) is -0.857. The van der Waals surface area contributed by atoms with Crippen LogP contribution < -0.4 is 21.1 Å². The van der Waals surface area contributed by atoms with E-state index in [4.69, 9.17) is 29.8 Å². The zero-order chi connectivity index (χ0) is 36.1. The summed E-state index contributed by atoms with van der Waals surface area (Å²) in [5.41, 5.74) is 9.78. The molecule has 1 fully saturated rings. The number of carbonyl (C=O) groups is 3. The van der Waals surface area contributed by atoms with E-state index in [0.717, 1.165) is 34.9 Å². The Morgan fingerprint density at radius 2 is 1.88 bits per heavy atom. The summed E-state index contributed by atoms with van der Waals surface area (Å²) in [7, 11) is 1.61. The van der Waals surface area contributed by atoms with Crippen LogP contribution in [0.15, 0.2) is 60.8 Å². The lowest BCUT2D eigenvalue weighted by Crippen LogP contribution is -2.36. The highest BCUT2D eigenvalue weighted by Gasteiger charge is 2.32. The normalized spacial score (nSPS) is 20.8. The zero-order valence-electron chi connectivity index (χ0n) is 28.1. The first-order valence-corrected chi connectivity index (χ1v) is 15.9. The number of pyridine rings is 1. The van der Waals surface area contributed by atoms with Gasteiger partial charge in [0.05, 0.1) is 19.8 Å². The van der Waals surface area contributed by atoms with E-state index in [2.05, 4.69) is 15.6 Å². The van der Waals surface area contributed by atoms with Crippen LogP contribution in [0.5, 0.6) is 5.75 Å². The summed E-state index contributed by atoms with van der Waals surface area (Å²) in [5, 5.41) is 25.3. The SMILES string of the molecule is CC(=O)O.Cc1cc2ccc1[C@@H](C)COC(=O)Nc1cc(F)c(O[C@@H]3COC[C@@H]3O)c(c1)CN(C)C(=O)[C@@H]2Nc1ccc2c(N)nccc2c1. The van der Waals surface area contributed by atoms with Gasteiger partial charge in [0.25, 0.3) is 5.97 Å². The smallest absolute Gasteiger partial charge is 0.411 e. The number of carbonyl (C=O) groups excluding carboxylic acids is 2. The predicted octanol–water partition coefficient (Wildman–Crippen LogP) is 4.97. The molecule has 3 aliphatic heterocycles. The van der Waals surface area contributed by atoms with Crippen molar-refractivity contribution in [3.05, 3.63) is 88.9 Å². The number of rotatable bonds is 4. The quantitative estimate of drug-likeness (QED) is 0.195. The minimum atomic E-state index is -0.945. The van der Waals surface area contributed by atoms with Gasteiger partial charge in [0.1, 0.15) is 18.0 Å². The van der Waals surface area contributed by atoms with Gasteiger partial charge in [-0.15, -0.1) is 0 Å². The molecule has 4 aromatic rings. The monoisotopic (exact) mass is 689 g/mol. The lowest BCUT2D eigenvalue weighted by molar-refractivity contribution is -0.134. The first-order chi connectivity index (χ1) is 23.8. The van der Waals surface area contributed by atoms with Crippen LogP contribution in [0.3, 0.4) is 0 Å². The van der Waals surface area contributed by atoms with Crippen molar-refractivity contribution in [2.45, 2.75) is 51.5 Å². The second kappa shape index (κ2) is 15.4. The molecule has 0 radical (unpaired) electrons. The van der Waals surface area contributed by atoms with E-state index in [0.29, 0.717) is 17.1 Å². The number of halogens is 1. The molecule has 3 aliphatic rings. The number of aliphatic hydroxyl groups excluding tert-OH is 1. The second-order valence-corrected chi connectivity index (χ2v) is 12.4. The fourth-order valence-electron chi connectivity index (χ4n) is 5.93. The van der Waals surface area contributed by atoms with Crippen molar-refractivity contribution in [1.29, 1.82) is 0 Å². The third kappa shape index (κ3) is 8.39. The highest BCUT2D eigenvalue weighted by molar-refractivity contribution is 5.94. The molecule has 1 aromatic heterocycles. The van der Waals surface area contributed by atoms with E-state index >= 15 is 4.39 Å². The molecule has 13 nitrogen and oxygen atoms in total. The lowest BCUT2D eigenvalue weighted by atomic mass is 9.93. The van der Waals surface area contributed by atoms with E-state index in [9.17, 15) is 14.7 Å². The number of benzene rings is 3. The van der Waals surface area contributed by atoms with Crippen molar-refractivity contribution in [2.24, 2.45) is 0 Å². The average Bonchev–Trinajstić information content (AvgIpc) is 3.47. The average molecular weight is 690 g/mol. The Morgan fingerprint density at radius 3 is 2.58 bits per heavy atom. The fraction of sp³-hybridized carbons (Fsp3) is 0.333. The molecule has 4 heterocycles. The molecule has 4 atom stereocenters. The van der Waals surface area contributed by atoms with Crippen molar-refractivity contribution >= 4 is 45.9 Å². The van der Waals surface area contributed by atoms with Crippen LogP contribution in [0.25, 0.3) is 10.8 Å². The summed E-state index contributed by atoms with van der Waals surface area (Å²) in [6.45, 7) is 5.12. The predicted molar refractivity (Wildman–Crippen MR) is 185 cm³/mol. The summed E-state index contributed by atoms with van der Waals surface area (Å²) in [5.74, 6) is -1.79. The number of ether oxygens (including phenoxy) is 3. The molecule has 0 unspecified atom stereocenters. The number of carboxylic acid groups (broad SMARTS) is 1. The number of hydrogen-bond acceptors (Lipinski definition) is 10. The highest BCUT2D eigenvalue weighted by Crippen LogP contribution is 2.33. The van der Waals surface area contributed by atoms with Gasteiger partial charge >= 0.3 is 6.09 Å². The number of aromatic nitrogens is 1. The van der Waals surface area contributed by atoms with Gasteiger partial charge in [-0.1, -0.05) is 25.1 Å². The Bertz CT molecular complexity index is 1900. The van der Waals surface area contributed by atoms with E-state index in [1.54, 1.807) is 13.2 Å². The number of anilines is 3. The zero-order valence-corrected chi connectivity index (χ0v) is 28.1. The number of amides is 2. The molecule has 2 amide bonds. The Labute approximate surface area is 288 Å². The van der Waals surface area contributed by atoms with E-state index in [1.165, 1.54) is 11.0 Å². The molecule has 0 spiro atoms. The van der Waals surface area contributed by atoms with Crippen LogP contribution in [0, 0.1) is 12.7 Å². The molecule has 7 rings (SSSR count). The maximum Gasteiger partial charge on any atom is 0.411 e. The maximum atomic E-state index is 15.6. The number of fused-ring (bicyclic) bond motifs is 10. The molecule has 264 valence electrons. The number of nitrogens with one attached hydrogen (secondary N) is 2. The van der Waals surface area contributed by atoms with Crippen molar-refractivity contribution in [1.82, 2.24) is 9.88 Å². The Morgan fingerprint density at radius 1 is 1.12 bits per heavy atom. The number of aliphatic carboxylic acids is 1. The van der Waals surface area contributed by atoms with Gasteiger partial charge in [-0.3, -0.25) is 14.9 Å². The highest BCUT2D eigenvalue weighted by atomic mass is 19.1. The summed E-state index contributed by atoms with van der Waals surface area (Å²) < 4.78 is 32.3. The Kier molecular flexibility index (Phi) is 11.0. The number of nitrogens with zero attached hydrogens (tertiary/aromatic N) is 2. The Balaban J connectivity index is 0.00000115. The number of hydrogen-bond donors (Lipinski definition) is 5. The van der Waals surface area contributed by atoms with Gasteiger partial charge in [-0.25, -0.2) is 14.2 Å². The largest absolute Gasteiger partial charge is 0.482 e. The van der Waals surface area contributed by atoms with Gasteiger partial charge in [-0.2, -0.15) is 0 Å². The van der Waals surface area contributed by atoms with Crippen LogP contribution >= 0.6 is 0 Å². The molecule has 4 bridgehead atoms. The minimum absolute atomic E-state index is 0.0628. The molecule has 0 saturated carbocycles. The number of nitrogen functional groups attached to an aromatic ring is 1. The number of carboxylic acids is 1. The van der Waals surface area contributed by atoms with Crippen LogP contribution in [-0.2, 0) is 25.6 Å². The number of aliphatic hydroxyl groups is 1. The van der Waals surface area contributed by atoms with Crippen molar-refractivity contribution in [3.63, 3.8) is 0 Å². The topological polar surface area (TPSA) is 186 Å². The number of likely N-dealkylation sites (N-methyl/N-ethyl adjacent to an activating group) is 1. The molecule has 14 heteroatoms. The van der Waals surface area contributed by atoms with Crippen molar-refractivity contribution in [2.75, 3.05) is 43.2 Å². The van der Waals surface area contributed by atoms with Gasteiger partial charge < -0.3 is 40.4 Å². The summed E-state index contributed by atoms with van der Waals surface area (Å²) in [4.78, 5) is 41.6. The third-order valence-electron chi connectivity index (χ3n) is 8.40. The molecule has 3 aromatic carbocycles.